The number of aromatic nitrogens is 2. The van der Waals surface area contributed by atoms with Gasteiger partial charge in [0.2, 0.25) is 0 Å². The number of nitrogens with zero attached hydrogens (tertiary/aromatic N) is 3. The van der Waals surface area contributed by atoms with Crippen molar-refractivity contribution in [3.05, 3.63) is 5.82 Å². The van der Waals surface area contributed by atoms with Crippen LogP contribution in [0.15, 0.2) is 4.52 Å². The summed E-state index contributed by atoms with van der Waals surface area (Å²) in [6.45, 7) is 3.32. The number of amides is 1. The third kappa shape index (κ3) is 3.44. The van der Waals surface area contributed by atoms with Gasteiger partial charge < -0.3 is 9.64 Å². The standard InChI is InChI=1S/C11H17N3O3/c1-9-12-11(17-13-9)16-8-10(15)14-6-4-2-3-5-7-14/h2-8H2,1H3. The SMILES string of the molecule is Cc1noc(OCC(=O)N2CCCCCC2)n1. The molecule has 0 atom stereocenters. The van der Waals surface area contributed by atoms with Crippen LogP contribution >= 0.6 is 0 Å². The fourth-order valence-electron chi connectivity index (χ4n) is 1.87. The minimum absolute atomic E-state index is 0.0113. The molecule has 1 amide bonds. The van der Waals surface area contributed by atoms with Gasteiger partial charge in [0.15, 0.2) is 12.4 Å². The molecule has 1 saturated heterocycles. The van der Waals surface area contributed by atoms with E-state index in [4.69, 9.17) is 9.26 Å². The predicted molar refractivity (Wildman–Crippen MR) is 59.6 cm³/mol. The molecule has 6 heteroatoms. The number of aryl methyl sites for hydroxylation is 1. The Morgan fingerprint density at radius 2 is 2.06 bits per heavy atom. The van der Waals surface area contributed by atoms with E-state index in [-0.39, 0.29) is 18.6 Å². The first-order chi connectivity index (χ1) is 8.25. The van der Waals surface area contributed by atoms with E-state index in [0.29, 0.717) is 5.82 Å². The predicted octanol–water partition coefficient (Wildman–Crippen LogP) is 1.16. The minimum Gasteiger partial charge on any atom is -0.439 e. The van der Waals surface area contributed by atoms with Crippen LogP contribution < -0.4 is 4.74 Å². The minimum atomic E-state index is -0.0262. The van der Waals surface area contributed by atoms with Gasteiger partial charge in [-0.05, 0) is 19.8 Å². The fraction of sp³-hybridized carbons (Fsp3) is 0.727. The highest BCUT2D eigenvalue weighted by molar-refractivity contribution is 5.77. The number of ether oxygens (including phenoxy) is 1. The van der Waals surface area contributed by atoms with Crippen LogP contribution in [0.4, 0.5) is 0 Å². The monoisotopic (exact) mass is 239 g/mol. The maximum absolute atomic E-state index is 11.8. The Bertz CT molecular complexity index is 370. The van der Waals surface area contributed by atoms with Gasteiger partial charge in [-0.25, -0.2) is 0 Å². The van der Waals surface area contributed by atoms with E-state index in [1.807, 2.05) is 4.90 Å². The number of likely N-dealkylation sites (tertiary alicyclic amines) is 1. The lowest BCUT2D eigenvalue weighted by Crippen LogP contribution is -2.35. The highest BCUT2D eigenvalue weighted by atomic mass is 16.6. The lowest BCUT2D eigenvalue weighted by molar-refractivity contribution is -0.133. The molecule has 0 radical (unpaired) electrons. The Balaban J connectivity index is 1.79. The highest BCUT2D eigenvalue weighted by Gasteiger charge is 2.16. The van der Waals surface area contributed by atoms with Gasteiger partial charge in [0, 0.05) is 13.1 Å². The van der Waals surface area contributed by atoms with Gasteiger partial charge in [0.05, 0.1) is 0 Å². The van der Waals surface area contributed by atoms with Crippen LogP contribution in [0.3, 0.4) is 0 Å². The van der Waals surface area contributed by atoms with E-state index in [1.165, 1.54) is 12.8 Å². The Kier molecular flexibility index (Phi) is 3.95. The zero-order valence-electron chi connectivity index (χ0n) is 10.0. The molecule has 0 spiro atoms. The summed E-state index contributed by atoms with van der Waals surface area (Å²) in [4.78, 5) is 17.6. The van der Waals surface area contributed by atoms with E-state index in [1.54, 1.807) is 6.92 Å². The first-order valence-electron chi connectivity index (χ1n) is 5.96. The van der Waals surface area contributed by atoms with Gasteiger partial charge >= 0.3 is 6.08 Å². The smallest absolute Gasteiger partial charge is 0.417 e. The maximum Gasteiger partial charge on any atom is 0.417 e. The van der Waals surface area contributed by atoms with E-state index in [9.17, 15) is 4.79 Å². The van der Waals surface area contributed by atoms with Crippen LogP contribution in [0.25, 0.3) is 0 Å². The van der Waals surface area contributed by atoms with Gasteiger partial charge in [-0.2, -0.15) is 4.98 Å². The molecule has 6 nitrogen and oxygen atoms in total. The van der Waals surface area contributed by atoms with Gasteiger partial charge in [-0.15, -0.1) is 0 Å². The largest absolute Gasteiger partial charge is 0.439 e. The van der Waals surface area contributed by atoms with Gasteiger partial charge in [0.1, 0.15) is 0 Å². The van der Waals surface area contributed by atoms with Crippen LogP contribution in [0.5, 0.6) is 6.08 Å². The summed E-state index contributed by atoms with van der Waals surface area (Å²) in [5.41, 5.74) is 0. The molecule has 0 aromatic carbocycles. The second-order valence-corrected chi connectivity index (χ2v) is 4.19. The molecule has 1 aromatic heterocycles. The van der Waals surface area contributed by atoms with E-state index in [2.05, 4.69) is 10.1 Å². The molecular formula is C11H17N3O3. The molecule has 0 unspecified atom stereocenters. The van der Waals surface area contributed by atoms with Crippen LogP contribution in [0, 0.1) is 6.92 Å². The molecule has 0 saturated carbocycles. The molecule has 2 rings (SSSR count). The lowest BCUT2D eigenvalue weighted by atomic mass is 10.2. The quantitative estimate of drug-likeness (QED) is 0.791. The average molecular weight is 239 g/mol. The van der Waals surface area contributed by atoms with Crippen molar-refractivity contribution < 1.29 is 14.1 Å². The molecular weight excluding hydrogens is 222 g/mol. The topological polar surface area (TPSA) is 68.5 Å². The second kappa shape index (κ2) is 5.65. The van der Waals surface area contributed by atoms with Crippen molar-refractivity contribution in [1.82, 2.24) is 15.0 Å². The van der Waals surface area contributed by atoms with E-state index in [0.717, 1.165) is 25.9 Å². The first kappa shape index (κ1) is 11.9. The van der Waals surface area contributed by atoms with Gasteiger partial charge in [-0.1, -0.05) is 18.0 Å². The first-order valence-corrected chi connectivity index (χ1v) is 5.96. The zero-order chi connectivity index (χ0) is 12.1. The summed E-state index contributed by atoms with van der Waals surface area (Å²) in [6.07, 6.45) is 4.61. The Hall–Kier alpha value is -1.59. The van der Waals surface area contributed by atoms with Crippen molar-refractivity contribution in [3.63, 3.8) is 0 Å². The summed E-state index contributed by atoms with van der Waals surface area (Å²) in [5, 5.41) is 3.59. The van der Waals surface area contributed by atoms with Crippen LogP contribution in [0.1, 0.15) is 31.5 Å². The fourth-order valence-corrected chi connectivity index (χ4v) is 1.87. The zero-order valence-corrected chi connectivity index (χ0v) is 10.0. The van der Waals surface area contributed by atoms with Crippen molar-refractivity contribution in [2.45, 2.75) is 32.6 Å². The summed E-state index contributed by atoms with van der Waals surface area (Å²) < 4.78 is 9.92. The molecule has 0 aliphatic carbocycles. The number of hydrogen-bond acceptors (Lipinski definition) is 5. The van der Waals surface area contributed by atoms with Crippen LogP contribution in [-0.2, 0) is 4.79 Å². The molecule has 2 heterocycles. The van der Waals surface area contributed by atoms with E-state index < -0.39 is 0 Å². The van der Waals surface area contributed by atoms with Crippen molar-refractivity contribution in [2.75, 3.05) is 19.7 Å². The Labute approximate surface area is 99.9 Å². The molecule has 1 aromatic rings. The normalized spacial score (nSPS) is 16.6. The third-order valence-electron chi connectivity index (χ3n) is 2.79. The van der Waals surface area contributed by atoms with Crippen molar-refractivity contribution in [1.29, 1.82) is 0 Å². The van der Waals surface area contributed by atoms with Gasteiger partial charge in [-0.3, -0.25) is 9.32 Å². The Morgan fingerprint density at radius 1 is 1.35 bits per heavy atom. The highest BCUT2D eigenvalue weighted by Crippen LogP contribution is 2.10. The molecule has 0 bridgehead atoms. The number of hydrogen-bond donors (Lipinski definition) is 0. The molecule has 17 heavy (non-hydrogen) atoms. The summed E-state index contributed by atoms with van der Waals surface area (Å²) in [6, 6.07) is 0. The van der Waals surface area contributed by atoms with Crippen molar-refractivity contribution in [3.8, 4) is 6.08 Å². The molecule has 0 N–H and O–H groups in total. The number of carbonyl (C=O) groups excluding carboxylic acids is 1. The van der Waals surface area contributed by atoms with Crippen LogP contribution in [-0.4, -0.2) is 40.6 Å². The third-order valence-corrected chi connectivity index (χ3v) is 2.79. The summed E-state index contributed by atoms with van der Waals surface area (Å²) >= 11 is 0. The average Bonchev–Trinajstić information content (AvgIpc) is 2.58. The molecule has 1 aliphatic rings. The van der Waals surface area contributed by atoms with Crippen molar-refractivity contribution >= 4 is 5.91 Å². The Morgan fingerprint density at radius 3 is 2.65 bits per heavy atom. The van der Waals surface area contributed by atoms with E-state index >= 15 is 0 Å². The summed E-state index contributed by atoms with van der Waals surface area (Å²) in [7, 11) is 0. The number of rotatable bonds is 3. The molecule has 1 aliphatic heterocycles. The second-order valence-electron chi connectivity index (χ2n) is 4.19. The maximum atomic E-state index is 11.8. The number of carbonyl (C=O) groups is 1. The lowest BCUT2D eigenvalue weighted by Gasteiger charge is -2.19. The van der Waals surface area contributed by atoms with Crippen molar-refractivity contribution in [2.24, 2.45) is 0 Å². The summed E-state index contributed by atoms with van der Waals surface area (Å²) in [5.74, 6) is 0.491. The molecule has 1 fully saturated rings. The van der Waals surface area contributed by atoms with Gasteiger partial charge in [0.25, 0.3) is 5.91 Å². The van der Waals surface area contributed by atoms with Crippen LogP contribution in [0.2, 0.25) is 0 Å². The molecule has 94 valence electrons.